The van der Waals surface area contributed by atoms with Gasteiger partial charge in [0.2, 0.25) is 0 Å². The highest BCUT2D eigenvalue weighted by Gasteiger charge is 2.21. The normalized spacial score (nSPS) is 25.4. The minimum absolute atomic E-state index is 0.324. The van der Waals surface area contributed by atoms with Crippen LogP contribution in [-0.2, 0) is 0 Å². The topological polar surface area (TPSA) is 23.5 Å². The van der Waals surface area contributed by atoms with Crippen molar-refractivity contribution in [3.05, 3.63) is 0 Å². The zero-order valence-electron chi connectivity index (χ0n) is 8.70. The van der Waals surface area contributed by atoms with Gasteiger partial charge in [-0.05, 0) is 18.9 Å². The monoisotopic (exact) mass is 203 g/mol. The second kappa shape index (κ2) is 5.89. The van der Waals surface area contributed by atoms with Gasteiger partial charge in [0.1, 0.15) is 0 Å². The second-order valence-corrected chi connectivity index (χ2v) is 5.28. The van der Waals surface area contributed by atoms with E-state index in [9.17, 15) is 5.11 Å². The molecule has 0 spiro atoms. The van der Waals surface area contributed by atoms with E-state index in [0.29, 0.717) is 12.6 Å². The van der Waals surface area contributed by atoms with Crippen LogP contribution in [0, 0.1) is 5.92 Å². The van der Waals surface area contributed by atoms with Gasteiger partial charge in [-0.25, -0.2) is 0 Å². The molecule has 0 aromatic rings. The molecule has 0 bridgehead atoms. The molecule has 0 unspecified atom stereocenters. The van der Waals surface area contributed by atoms with Crippen molar-refractivity contribution in [1.29, 1.82) is 0 Å². The first-order valence-electron chi connectivity index (χ1n) is 5.16. The van der Waals surface area contributed by atoms with E-state index in [4.69, 9.17) is 0 Å². The number of aliphatic hydroxyl groups is 1. The van der Waals surface area contributed by atoms with Crippen molar-refractivity contribution in [2.24, 2.45) is 5.92 Å². The number of rotatable bonds is 4. The van der Waals surface area contributed by atoms with Crippen LogP contribution in [0.2, 0.25) is 0 Å². The Morgan fingerprint density at radius 2 is 2.31 bits per heavy atom. The molecular weight excluding hydrogens is 182 g/mol. The molecule has 0 aromatic heterocycles. The first-order chi connectivity index (χ1) is 6.24. The van der Waals surface area contributed by atoms with E-state index >= 15 is 0 Å². The lowest BCUT2D eigenvalue weighted by molar-refractivity contribution is 0.134. The Balaban J connectivity index is 2.27. The van der Waals surface area contributed by atoms with Gasteiger partial charge >= 0.3 is 0 Å². The molecule has 1 aliphatic rings. The maximum absolute atomic E-state index is 9.17. The Bertz CT molecular complexity index is 141. The molecule has 1 saturated heterocycles. The molecule has 0 saturated carbocycles. The molecule has 3 heteroatoms. The fourth-order valence-corrected chi connectivity index (χ4v) is 2.69. The second-order valence-electron chi connectivity index (χ2n) is 4.13. The quantitative estimate of drug-likeness (QED) is 0.748. The smallest absolute Gasteiger partial charge is 0.0594 e. The Kier molecular flexibility index (Phi) is 5.14. The maximum atomic E-state index is 9.17. The lowest BCUT2D eigenvalue weighted by Crippen LogP contribution is -2.45. The minimum atomic E-state index is 0.324. The highest BCUT2D eigenvalue weighted by atomic mass is 32.2. The van der Waals surface area contributed by atoms with Gasteiger partial charge in [0.25, 0.3) is 0 Å². The standard InChI is InChI=1S/C10H21NOS/c1-9(2)3-4-11-5-6-13-8-10(11)7-12/h9-10,12H,3-8H2,1-2H3/t10-/m0/s1. The SMILES string of the molecule is CC(C)CCN1CCSC[C@@H]1CO. The van der Waals surface area contributed by atoms with E-state index in [1.165, 1.54) is 12.2 Å². The van der Waals surface area contributed by atoms with Gasteiger partial charge in [0.15, 0.2) is 0 Å². The third-order valence-electron chi connectivity index (χ3n) is 2.55. The summed E-state index contributed by atoms with van der Waals surface area (Å²) in [4.78, 5) is 2.44. The molecule has 1 aliphatic heterocycles. The molecule has 13 heavy (non-hydrogen) atoms. The summed E-state index contributed by atoms with van der Waals surface area (Å²) in [5.41, 5.74) is 0. The van der Waals surface area contributed by atoms with Gasteiger partial charge < -0.3 is 5.11 Å². The van der Waals surface area contributed by atoms with Crippen LogP contribution < -0.4 is 0 Å². The number of aliphatic hydroxyl groups excluding tert-OH is 1. The van der Waals surface area contributed by atoms with Gasteiger partial charge in [0.05, 0.1) is 6.61 Å². The summed E-state index contributed by atoms with van der Waals surface area (Å²) in [6, 6.07) is 0.414. The van der Waals surface area contributed by atoms with Crippen LogP contribution >= 0.6 is 11.8 Å². The zero-order chi connectivity index (χ0) is 9.68. The molecular formula is C10H21NOS. The van der Waals surface area contributed by atoms with Crippen molar-refractivity contribution in [2.75, 3.05) is 31.2 Å². The minimum Gasteiger partial charge on any atom is -0.395 e. The van der Waals surface area contributed by atoms with Crippen molar-refractivity contribution in [3.63, 3.8) is 0 Å². The summed E-state index contributed by atoms with van der Waals surface area (Å²) in [5, 5.41) is 9.17. The van der Waals surface area contributed by atoms with E-state index in [1.54, 1.807) is 0 Å². The third kappa shape index (κ3) is 3.88. The summed E-state index contributed by atoms with van der Waals surface area (Å²) in [6.07, 6.45) is 1.25. The first-order valence-corrected chi connectivity index (χ1v) is 6.32. The average molecular weight is 203 g/mol. The molecule has 1 heterocycles. The Hall–Kier alpha value is 0.270. The van der Waals surface area contributed by atoms with Gasteiger partial charge in [-0.1, -0.05) is 13.8 Å². The lowest BCUT2D eigenvalue weighted by atomic mass is 10.1. The van der Waals surface area contributed by atoms with Crippen molar-refractivity contribution < 1.29 is 5.11 Å². The highest BCUT2D eigenvalue weighted by molar-refractivity contribution is 7.99. The maximum Gasteiger partial charge on any atom is 0.0594 e. The molecule has 1 fully saturated rings. The van der Waals surface area contributed by atoms with Crippen LogP contribution in [-0.4, -0.2) is 47.3 Å². The molecule has 1 N–H and O–H groups in total. The molecule has 1 atom stereocenters. The Morgan fingerprint density at radius 3 is 2.92 bits per heavy atom. The number of nitrogens with zero attached hydrogens (tertiary/aromatic N) is 1. The summed E-state index contributed by atoms with van der Waals surface area (Å²) >= 11 is 1.96. The van der Waals surface area contributed by atoms with Crippen molar-refractivity contribution in [2.45, 2.75) is 26.3 Å². The van der Waals surface area contributed by atoms with Crippen LogP contribution in [0.3, 0.4) is 0 Å². The molecule has 2 nitrogen and oxygen atoms in total. The molecule has 1 rings (SSSR count). The van der Waals surface area contributed by atoms with Crippen LogP contribution in [0.5, 0.6) is 0 Å². The van der Waals surface area contributed by atoms with Crippen molar-refractivity contribution >= 4 is 11.8 Å². The van der Waals surface area contributed by atoms with Gasteiger partial charge in [0, 0.05) is 24.1 Å². The number of thioether (sulfide) groups is 1. The molecule has 78 valence electrons. The fraction of sp³-hybridized carbons (Fsp3) is 1.00. The molecule has 0 aliphatic carbocycles. The summed E-state index contributed by atoms with van der Waals surface area (Å²) < 4.78 is 0. The first kappa shape index (κ1) is 11.3. The lowest BCUT2D eigenvalue weighted by Gasteiger charge is -2.34. The zero-order valence-corrected chi connectivity index (χ0v) is 9.52. The fourth-order valence-electron chi connectivity index (χ4n) is 1.58. The van der Waals surface area contributed by atoms with Crippen LogP contribution in [0.25, 0.3) is 0 Å². The molecule has 0 radical (unpaired) electrons. The van der Waals surface area contributed by atoms with E-state index < -0.39 is 0 Å². The van der Waals surface area contributed by atoms with Crippen LogP contribution in [0.1, 0.15) is 20.3 Å². The van der Waals surface area contributed by atoms with E-state index in [0.717, 1.165) is 24.8 Å². The highest BCUT2D eigenvalue weighted by Crippen LogP contribution is 2.17. The summed E-state index contributed by atoms with van der Waals surface area (Å²) in [7, 11) is 0. The summed E-state index contributed by atoms with van der Waals surface area (Å²) in [6.45, 7) is 7.15. The number of hydrogen-bond acceptors (Lipinski definition) is 3. The van der Waals surface area contributed by atoms with Gasteiger partial charge in [-0.15, -0.1) is 0 Å². The molecule has 0 aromatic carbocycles. The predicted molar refractivity (Wildman–Crippen MR) is 59.2 cm³/mol. The third-order valence-corrected chi connectivity index (χ3v) is 3.65. The van der Waals surface area contributed by atoms with E-state index in [1.807, 2.05) is 11.8 Å². The van der Waals surface area contributed by atoms with Crippen LogP contribution in [0.15, 0.2) is 0 Å². The van der Waals surface area contributed by atoms with E-state index in [-0.39, 0.29) is 0 Å². The average Bonchev–Trinajstić information content (AvgIpc) is 2.15. The Morgan fingerprint density at radius 1 is 1.54 bits per heavy atom. The number of hydrogen-bond donors (Lipinski definition) is 1. The Labute approximate surface area is 85.7 Å². The van der Waals surface area contributed by atoms with Crippen LogP contribution in [0.4, 0.5) is 0 Å². The van der Waals surface area contributed by atoms with E-state index in [2.05, 4.69) is 18.7 Å². The molecule has 0 amide bonds. The predicted octanol–water partition coefficient (Wildman–Crippen LogP) is 1.44. The summed E-state index contributed by atoms with van der Waals surface area (Å²) in [5.74, 6) is 3.11. The van der Waals surface area contributed by atoms with Crippen molar-refractivity contribution in [1.82, 2.24) is 4.90 Å². The van der Waals surface area contributed by atoms with Crippen molar-refractivity contribution in [3.8, 4) is 0 Å². The van der Waals surface area contributed by atoms with Gasteiger partial charge in [-0.3, -0.25) is 4.90 Å². The largest absolute Gasteiger partial charge is 0.395 e. The van der Waals surface area contributed by atoms with Gasteiger partial charge in [-0.2, -0.15) is 11.8 Å².